The molecule has 8 heteroatoms. The molecule has 2 atom stereocenters. The van der Waals surface area contributed by atoms with Gasteiger partial charge in [-0.1, -0.05) is 234 Å². The molecule has 0 saturated carbocycles. The number of carbonyl (C=O) groups is 3. The van der Waals surface area contributed by atoms with Crippen LogP contribution in [-0.2, 0) is 28.6 Å². The van der Waals surface area contributed by atoms with E-state index in [1.807, 2.05) is 33.3 Å². The zero-order valence-corrected chi connectivity index (χ0v) is 44.1. The quantitative estimate of drug-likeness (QED) is 0.0281. The Hall–Kier alpha value is -3.23. The van der Waals surface area contributed by atoms with Crippen LogP contribution in [0.5, 0.6) is 0 Å². The number of ether oxygens (including phenoxy) is 3. The third-order valence-corrected chi connectivity index (χ3v) is 12.1. The fourth-order valence-electron chi connectivity index (χ4n) is 7.94. The Morgan fingerprint density at radius 3 is 1.21 bits per heavy atom. The lowest BCUT2D eigenvalue weighted by atomic mass is 10.0. The van der Waals surface area contributed by atoms with E-state index in [9.17, 15) is 19.5 Å². The molecule has 0 amide bonds. The summed E-state index contributed by atoms with van der Waals surface area (Å²) in [6.07, 6.45) is 64.2. The van der Waals surface area contributed by atoms with Gasteiger partial charge in [0.1, 0.15) is 6.61 Å². The molecule has 0 aromatic rings. The Bertz CT molecular complexity index is 1320. The van der Waals surface area contributed by atoms with Crippen LogP contribution < -0.4 is 0 Å². The molecule has 2 unspecified atom stereocenters. The highest BCUT2D eigenvalue weighted by molar-refractivity contribution is 5.72. The first-order valence-corrected chi connectivity index (χ1v) is 27.5. The number of esters is 2. The average Bonchev–Trinajstić information content (AvgIpc) is 3.29. The first-order chi connectivity index (χ1) is 32.6. The SMILES string of the molecule is CC/C=C\C/C=C\C/C=C\C/C=C\C/C=C\C/C=C\CCC(=O)OC(COCCC(C(=O)O)[N+](C)(C)C)COC(=O)CCCCCCCCCCCCCCCCCCCCCCCCCC. The predicted octanol–water partition coefficient (Wildman–Crippen LogP) is 16.3. The van der Waals surface area contributed by atoms with E-state index in [1.54, 1.807) is 0 Å². The van der Waals surface area contributed by atoms with Crippen molar-refractivity contribution >= 4 is 17.9 Å². The fraction of sp³-hybridized carbons (Fsp3) is 0.746. The van der Waals surface area contributed by atoms with Crippen LogP contribution in [0.2, 0.25) is 0 Å². The lowest BCUT2D eigenvalue weighted by Gasteiger charge is -2.31. The van der Waals surface area contributed by atoms with Crippen LogP contribution in [0.25, 0.3) is 0 Å². The van der Waals surface area contributed by atoms with Crippen LogP contribution >= 0.6 is 0 Å². The predicted molar refractivity (Wildman–Crippen MR) is 284 cm³/mol. The number of carboxylic acids is 1. The maximum Gasteiger partial charge on any atom is 0.362 e. The van der Waals surface area contributed by atoms with Crippen LogP contribution in [0.15, 0.2) is 72.9 Å². The molecule has 0 aromatic heterocycles. The van der Waals surface area contributed by atoms with Gasteiger partial charge in [-0.3, -0.25) is 9.59 Å². The van der Waals surface area contributed by atoms with E-state index in [0.29, 0.717) is 19.3 Å². The molecular weight excluding hydrogens is 835 g/mol. The molecule has 1 N–H and O–H groups in total. The topological polar surface area (TPSA) is 99.1 Å². The summed E-state index contributed by atoms with van der Waals surface area (Å²) >= 11 is 0. The van der Waals surface area contributed by atoms with Crippen molar-refractivity contribution in [3.63, 3.8) is 0 Å². The first kappa shape index (κ1) is 63.8. The van der Waals surface area contributed by atoms with Gasteiger partial charge in [0, 0.05) is 19.3 Å². The van der Waals surface area contributed by atoms with Crippen molar-refractivity contribution in [2.24, 2.45) is 0 Å². The van der Waals surface area contributed by atoms with Gasteiger partial charge in [0.25, 0.3) is 0 Å². The molecule has 0 aromatic carbocycles. The van der Waals surface area contributed by atoms with E-state index in [2.05, 4.69) is 74.6 Å². The number of rotatable bonds is 49. The van der Waals surface area contributed by atoms with E-state index in [0.717, 1.165) is 57.8 Å². The van der Waals surface area contributed by atoms with Crippen LogP contribution in [-0.4, -0.2) is 80.6 Å². The van der Waals surface area contributed by atoms with Crippen molar-refractivity contribution in [3.05, 3.63) is 72.9 Å². The maximum atomic E-state index is 12.8. The van der Waals surface area contributed by atoms with Crippen molar-refractivity contribution in [3.8, 4) is 0 Å². The minimum Gasteiger partial charge on any atom is -0.477 e. The standard InChI is InChI=1S/C59H103NO7/c1-6-8-10-12-14-16-18-20-22-24-26-27-28-29-30-32-33-35-37-39-41-43-45-47-49-57(61)66-54-55(53-65-52-51-56(59(63)64)60(3,4)5)67-58(62)50-48-46-44-42-40-38-36-34-31-25-23-21-19-17-15-13-11-9-7-2/h9,11,15,17,21,23,31,34,38,40,44,46,55-56H,6-8,10,12-14,16,18-20,22,24-30,32-33,35-37,39,41-43,45,47-54H2,1-5H3/p+1/b11-9-,17-15-,23-21-,34-31-,40-38-,46-44-. The number of quaternary nitrogens is 1. The number of hydrogen-bond acceptors (Lipinski definition) is 6. The summed E-state index contributed by atoms with van der Waals surface area (Å²) in [5, 5.41) is 9.66. The summed E-state index contributed by atoms with van der Waals surface area (Å²) in [6, 6.07) is -0.631. The summed E-state index contributed by atoms with van der Waals surface area (Å²) in [7, 11) is 5.51. The van der Waals surface area contributed by atoms with Crippen LogP contribution in [0.4, 0.5) is 0 Å². The van der Waals surface area contributed by atoms with Gasteiger partial charge in [0.05, 0.1) is 34.4 Å². The Labute approximate surface area is 412 Å². The van der Waals surface area contributed by atoms with Gasteiger partial charge in [-0.15, -0.1) is 0 Å². The van der Waals surface area contributed by atoms with Gasteiger partial charge in [-0.05, 0) is 51.4 Å². The van der Waals surface area contributed by atoms with Crippen molar-refractivity contribution in [1.82, 2.24) is 0 Å². The molecule has 0 saturated heterocycles. The van der Waals surface area contributed by atoms with Crippen molar-refractivity contribution in [2.75, 3.05) is 41.0 Å². The normalized spacial score (nSPS) is 13.4. The Balaban J connectivity index is 4.25. The first-order valence-electron chi connectivity index (χ1n) is 27.5. The highest BCUT2D eigenvalue weighted by atomic mass is 16.6. The lowest BCUT2D eigenvalue weighted by molar-refractivity contribution is -0.887. The molecular formula is C59H104NO7+. The van der Waals surface area contributed by atoms with E-state index in [-0.39, 0.29) is 42.7 Å². The molecule has 67 heavy (non-hydrogen) atoms. The zero-order valence-electron chi connectivity index (χ0n) is 44.1. The number of nitrogens with zero attached hydrogens (tertiary/aromatic N) is 1. The number of carboxylic acid groups (broad SMARTS) is 1. The second-order valence-corrected chi connectivity index (χ2v) is 19.5. The van der Waals surface area contributed by atoms with E-state index >= 15 is 0 Å². The Morgan fingerprint density at radius 1 is 0.463 bits per heavy atom. The van der Waals surface area contributed by atoms with Gasteiger partial charge >= 0.3 is 17.9 Å². The molecule has 0 spiro atoms. The number of unbranched alkanes of at least 4 members (excludes halogenated alkanes) is 23. The van der Waals surface area contributed by atoms with Gasteiger partial charge in [0.15, 0.2) is 12.1 Å². The van der Waals surface area contributed by atoms with Gasteiger partial charge in [0.2, 0.25) is 0 Å². The second-order valence-electron chi connectivity index (χ2n) is 19.5. The van der Waals surface area contributed by atoms with Gasteiger partial charge in [-0.25, -0.2) is 4.79 Å². The van der Waals surface area contributed by atoms with E-state index in [4.69, 9.17) is 14.2 Å². The maximum absolute atomic E-state index is 12.8. The van der Waals surface area contributed by atoms with Crippen LogP contribution in [0.3, 0.4) is 0 Å². The summed E-state index contributed by atoms with van der Waals surface area (Å²) in [5.41, 5.74) is 0. The average molecular weight is 939 g/mol. The van der Waals surface area contributed by atoms with Crippen molar-refractivity contribution < 1.29 is 38.2 Å². The molecule has 0 aliphatic heterocycles. The summed E-state index contributed by atoms with van der Waals surface area (Å²) < 4.78 is 17.3. The van der Waals surface area contributed by atoms with Crippen LogP contribution in [0.1, 0.15) is 232 Å². The second kappa shape index (κ2) is 49.2. The number of likely N-dealkylation sites (N-methyl/N-ethyl adjacent to an activating group) is 1. The largest absolute Gasteiger partial charge is 0.477 e. The lowest BCUT2D eigenvalue weighted by Crippen LogP contribution is -2.50. The minimum absolute atomic E-state index is 0.0297. The van der Waals surface area contributed by atoms with Crippen LogP contribution in [0, 0.1) is 0 Å². The molecule has 0 heterocycles. The fourth-order valence-corrected chi connectivity index (χ4v) is 7.94. The smallest absolute Gasteiger partial charge is 0.362 e. The Morgan fingerprint density at radius 2 is 0.836 bits per heavy atom. The summed E-state index contributed by atoms with van der Waals surface area (Å²) in [4.78, 5) is 37.2. The van der Waals surface area contributed by atoms with E-state index < -0.39 is 18.1 Å². The van der Waals surface area contributed by atoms with Crippen molar-refractivity contribution in [1.29, 1.82) is 0 Å². The molecule has 0 rings (SSSR count). The molecule has 0 bridgehead atoms. The zero-order chi connectivity index (χ0) is 49.2. The summed E-state index contributed by atoms with van der Waals surface area (Å²) in [6.45, 7) is 4.57. The third kappa shape index (κ3) is 47.6. The third-order valence-electron chi connectivity index (χ3n) is 12.1. The van der Waals surface area contributed by atoms with E-state index in [1.165, 1.54) is 135 Å². The number of aliphatic carboxylic acids is 1. The summed E-state index contributed by atoms with van der Waals surface area (Å²) in [5.74, 6) is -1.57. The van der Waals surface area contributed by atoms with Gasteiger partial charge < -0.3 is 23.8 Å². The highest BCUT2D eigenvalue weighted by Crippen LogP contribution is 2.17. The molecule has 0 radical (unpaired) electrons. The number of carbonyl (C=O) groups excluding carboxylic acids is 2. The van der Waals surface area contributed by atoms with Crippen molar-refractivity contribution in [2.45, 2.75) is 244 Å². The minimum atomic E-state index is -0.886. The number of allylic oxidation sites excluding steroid dienone is 12. The monoisotopic (exact) mass is 939 g/mol. The molecule has 386 valence electrons. The molecule has 8 nitrogen and oxygen atoms in total. The Kier molecular flexibility index (Phi) is 46.8. The molecule has 0 fully saturated rings. The van der Waals surface area contributed by atoms with Gasteiger partial charge in [-0.2, -0.15) is 0 Å². The molecule has 0 aliphatic carbocycles. The molecule has 0 aliphatic rings. The number of hydrogen-bond donors (Lipinski definition) is 1. The highest BCUT2D eigenvalue weighted by Gasteiger charge is 2.31.